The Hall–Kier alpha value is -0.920. The number of ether oxygens (including phenoxy) is 2. The van der Waals surface area contributed by atoms with Gasteiger partial charge in [0.15, 0.2) is 0 Å². The Labute approximate surface area is 377 Å². The maximum atomic E-state index is 12.8. The average Bonchev–Trinajstić information content (AvgIpc) is 3.26. The minimum atomic E-state index is -5.01. The van der Waals surface area contributed by atoms with Crippen molar-refractivity contribution in [2.24, 2.45) is 0 Å². The second-order valence-electron chi connectivity index (χ2n) is 18.0. The molecule has 1 saturated carbocycles. The summed E-state index contributed by atoms with van der Waals surface area (Å²) in [5.74, 6) is -0.473. The molecule has 0 aromatic rings. The van der Waals surface area contributed by atoms with Crippen molar-refractivity contribution < 1.29 is 58.3 Å². The van der Waals surface area contributed by atoms with E-state index in [0.717, 1.165) is 38.5 Å². The summed E-state index contributed by atoms with van der Waals surface area (Å²) in [6, 6.07) is 0. The molecule has 0 heterocycles. The molecule has 1 rings (SSSR count). The van der Waals surface area contributed by atoms with Crippen LogP contribution in [0.3, 0.4) is 0 Å². The molecule has 0 aromatic carbocycles. The van der Waals surface area contributed by atoms with Crippen molar-refractivity contribution in [1.82, 2.24) is 0 Å². The normalized spacial score (nSPS) is 22.0. The summed E-state index contributed by atoms with van der Waals surface area (Å²) >= 11 is 0. The van der Waals surface area contributed by atoms with Crippen LogP contribution in [0.25, 0.3) is 0 Å². The van der Waals surface area contributed by atoms with Crippen LogP contribution in [0.4, 0.5) is 0 Å². The number of carbonyl (C=O) groups excluding carboxylic acids is 1. The van der Waals surface area contributed by atoms with E-state index >= 15 is 0 Å². The van der Waals surface area contributed by atoms with Gasteiger partial charge in [-0.15, -0.1) is 0 Å². The predicted octanol–water partition coefficient (Wildman–Crippen LogP) is 11.1. The van der Waals surface area contributed by atoms with Gasteiger partial charge in [-0.3, -0.25) is 13.8 Å². The Balaban J connectivity index is 2.33. The topological polar surface area (TPSA) is 192 Å². The molecule has 1 aliphatic carbocycles. The Morgan fingerprint density at radius 1 is 0.500 bits per heavy atom. The minimum Gasteiger partial charge on any atom is -0.457 e. The number of aliphatic hydroxyl groups excluding tert-OH is 5. The van der Waals surface area contributed by atoms with Crippen molar-refractivity contribution in [3.63, 3.8) is 0 Å². The molecule has 62 heavy (non-hydrogen) atoms. The summed E-state index contributed by atoms with van der Waals surface area (Å²) in [6.45, 7) is 4.29. The van der Waals surface area contributed by atoms with Crippen LogP contribution in [-0.4, -0.2) is 98.9 Å². The third-order valence-corrected chi connectivity index (χ3v) is 13.1. The molecule has 0 bridgehead atoms. The fourth-order valence-corrected chi connectivity index (χ4v) is 9.03. The standard InChI is InChI=1S/C49H95O12P/c1-3-5-7-9-11-13-15-17-19-20-21-22-23-25-27-29-31-33-35-37-39-58-40-42(41-59-62(56,57)61-49-47(54)45(52)44(51)46(53)48(49)55)60-43(50)38-36-34-32-30-28-26-24-18-16-14-12-10-8-6-4-2/h17,19,42,44-49,51-55H,3-16,18,20-41H2,1-2H3,(H,56,57)/b19-17-. The SMILES string of the molecule is CCCCCCCC/C=C\CCCCCCCCCCCCOCC(COP(=O)(O)OC1C(O)C(O)C(O)C(O)C1O)OC(=O)CCCCCCCCCCCCCCCCC. The van der Waals surface area contributed by atoms with Crippen LogP contribution >= 0.6 is 7.82 Å². The van der Waals surface area contributed by atoms with Gasteiger partial charge in [-0.2, -0.15) is 0 Å². The number of rotatable bonds is 44. The molecule has 1 fully saturated rings. The summed E-state index contributed by atoms with van der Waals surface area (Å²) in [5, 5.41) is 50.3. The Morgan fingerprint density at radius 3 is 1.27 bits per heavy atom. The number of allylic oxidation sites excluding steroid dienone is 2. The van der Waals surface area contributed by atoms with Crippen LogP contribution in [0.5, 0.6) is 0 Å². The Bertz CT molecular complexity index is 1080. The highest BCUT2D eigenvalue weighted by Crippen LogP contribution is 2.47. The zero-order chi connectivity index (χ0) is 45.5. The van der Waals surface area contributed by atoms with Crippen molar-refractivity contribution in [1.29, 1.82) is 0 Å². The van der Waals surface area contributed by atoms with Crippen LogP contribution in [0, 0.1) is 0 Å². The Kier molecular flexibility index (Phi) is 38.5. The van der Waals surface area contributed by atoms with Gasteiger partial charge in [-0.25, -0.2) is 4.57 Å². The van der Waals surface area contributed by atoms with E-state index in [1.165, 1.54) is 167 Å². The molecular weight excluding hydrogens is 812 g/mol. The first-order chi connectivity index (χ1) is 30.0. The van der Waals surface area contributed by atoms with E-state index in [0.29, 0.717) is 13.0 Å². The molecule has 0 radical (unpaired) electrons. The van der Waals surface area contributed by atoms with E-state index in [-0.39, 0.29) is 13.0 Å². The maximum Gasteiger partial charge on any atom is 0.472 e. The number of phosphoric ester groups is 1. The van der Waals surface area contributed by atoms with Crippen LogP contribution in [-0.2, 0) is 27.9 Å². The fraction of sp³-hybridized carbons (Fsp3) is 0.939. The van der Waals surface area contributed by atoms with Crippen LogP contribution in [0.2, 0.25) is 0 Å². The highest BCUT2D eigenvalue weighted by molar-refractivity contribution is 7.47. The second kappa shape index (κ2) is 40.4. The summed E-state index contributed by atoms with van der Waals surface area (Å²) in [7, 11) is -5.01. The van der Waals surface area contributed by atoms with Gasteiger partial charge < -0.3 is 39.9 Å². The molecule has 13 heteroatoms. The van der Waals surface area contributed by atoms with Crippen LogP contribution in [0.1, 0.15) is 232 Å². The lowest BCUT2D eigenvalue weighted by Gasteiger charge is -2.41. The predicted molar refractivity (Wildman–Crippen MR) is 249 cm³/mol. The maximum absolute atomic E-state index is 12.8. The molecular formula is C49H95O12P. The van der Waals surface area contributed by atoms with Gasteiger partial charge in [0, 0.05) is 13.0 Å². The molecule has 6 N–H and O–H groups in total. The molecule has 0 amide bonds. The third kappa shape index (κ3) is 31.9. The van der Waals surface area contributed by atoms with Crippen molar-refractivity contribution in [3.05, 3.63) is 12.2 Å². The number of hydrogen-bond donors (Lipinski definition) is 6. The van der Waals surface area contributed by atoms with Crippen molar-refractivity contribution in [2.45, 2.75) is 275 Å². The lowest BCUT2D eigenvalue weighted by molar-refractivity contribution is -0.220. The monoisotopic (exact) mass is 907 g/mol. The van der Waals surface area contributed by atoms with Crippen molar-refractivity contribution >= 4 is 13.8 Å². The lowest BCUT2D eigenvalue weighted by Crippen LogP contribution is -2.64. The summed E-state index contributed by atoms with van der Waals surface area (Å²) < 4.78 is 34.3. The van der Waals surface area contributed by atoms with Gasteiger partial charge in [0.05, 0.1) is 13.2 Å². The summed E-state index contributed by atoms with van der Waals surface area (Å²) in [4.78, 5) is 23.2. The molecule has 1 aliphatic rings. The van der Waals surface area contributed by atoms with Crippen LogP contribution < -0.4 is 0 Å². The summed E-state index contributed by atoms with van der Waals surface area (Å²) in [5.41, 5.74) is 0. The first-order valence-corrected chi connectivity index (χ1v) is 27.0. The minimum absolute atomic E-state index is 0.0716. The van der Waals surface area contributed by atoms with Gasteiger partial charge in [-0.05, 0) is 38.5 Å². The van der Waals surface area contributed by atoms with E-state index in [2.05, 4.69) is 26.0 Å². The third-order valence-electron chi connectivity index (χ3n) is 12.1. The second-order valence-corrected chi connectivity index (χ2v) is 19.4. The van der Waals surface area contributed by atoms with Gasteiger partial charge in [0.25, 0.3) is 0 Å². The number of carbonyl (C=O) groups is 1. The zero-order valence-electron chi connectivity index (χ0n) is 39.4. The van der Waals surface area contributed by atoms with E-state index in [1.54, 1.807) is 0 Å². The number of esters is 1. The number of phosphoric acid groups is 1. The molecule has 0 aromatic heterocycles. The molecule has 0 spiro atoms. The molecule has 368 valence electrons. The van der Waals surface area contributed by atoms with E-state index in [9.17, 15) is 39.8 Å². The van der Waals surface area contributed by atoms with Gasteiger partial charge in [0.1, 0.15) is 42.7 Å². The van der Waals surface area contributed by atoms with Crippen molar-refractivity contribution in [3.8, 4) is 0 Å². The highest BCUT2D eigenvalue weighted by atomic mass is 31.2. The number of unbranched alkanes of at least 4 members (excludes halogenated alkanes) is 30. The molecule has 0 saturated heterocycles. The first kappa shape index (κ1) is 59.1. The highest BCUT2D eigenvalue weighted by Gasteiger charge is 2.51. The number of aliphatic hydroxyl groups is 5. The zero-order valence-corrected chi connectivity index (χ0v) is 40.3. The molecule has 0 aliphatic heterocycles. The van der Waals surface area contributed by atoms with E-state index < -0.39 is 63.1 Å². The van der Waals surface area contributed by atoms with Gasteiger partial charge >= 0.3 is 13.8 Å². The van der Waals surface area contributed by atoms with E-state index in [1.807, 2.05) is 0 Å². The number of hydrogen-bond acceptors (Lipinski definition) is 11. The largest absolute Gasteiger partial charge is 0.472 e. The molecule has 6 unspecified atom stereocenters. The first-order valence-electron chi connectivity index (χ1n) is 25.5. The fourth-order valence-electron chi connectivity index (χ4n) is 8.06. The van der Waals surface area contributed by atoms with Crippen molar-refractivity contribution in [2.75, 3.05) is 19.8 Å². The average molecular weight is 907 g/mol. The van der Waals surface area contributed by atoms with Crippen LogP contribution in [0.15, 0.2) is 12.2 Å². The smallest absolute Gasteiger partial charge is 0.457 e. The Morgan fingerprint density at radius 2 is 0.855 bits per heavy atom. The quantitative estimate of drug-likeness (QED) is 0.0147. The van der Waals surface area contributed by atoms with E-state index in [4.69, 9.17) is 18.5 Å². The molecule has 12 nitrogen and oxygen atoms in total. The van der Waals surface area contributed by atoms with Gasteiger partial charge in [-0.1, -0.05) is 199 Å². The summed E-state index contributed by atoms with van der Waals surface area (Å²) in [6.07, 6.45) is 32.8. The van der Waals surface area contributed by atoms with Gasteiger partial charge in [0.2, 0.25) is 0 Å². The lowest BCUT2D eigenvalue weighted by atomic mass is 9.85. The molecule has 6 atom stereocenters.